The van der Waals surface area contributed by atoms with Crippen molar-refractivity contribution in [1.29, 1.82) is 0 Å². The van der Waals surface area contributed by atoms with Gasteiger partial charge in [0.2, 0.25) is 0 Å². The third-order valence-electron chi connectivity index (χ3n) is 3.21. The molecule has 7 heteroatoms. The smallest absolute Gasteiger partial charge is 0.354 e. The van der Waals surface area contributed by atoms with E-state index in [1.54, 1.807) is 29.5 Å². The molecule has 0 aliphatic carbocycles. The minimum Gasteiger partial charge on any atom is -0.477 e. The summed E-state index contributed by atoms with van der Waals surface area (Å²) in [4.78, 5) is 17.4. The average molecular weight is 341 g/mol. The molecular weight excluding hydrogens is 331 g/mol. The summed E-state index contributed by atoms with van der Waals surface area (Å²) < 4.78 is 1.65. The van der Waals surface area contributed by atoms with Gasteiger partial charge in [0, 0.05) is 15.5 Å². The average Bonchev–Trinajstić information content (AvgIpc) is 2.83. The molecule has 0 fully saturated rings. The Balaban J connectivity index is 2.41. The first-order valence-electron chi connectivity index (χ1n) is 6.07. The number of imidazole rings is 1. The van der Waals surface area contributed by atoms with Crippen LogP contribution in [-0.4, -0.2) is 20.5 Å². The standard InChI is InChI=1S/C14H10Cl2N2O2S/c1-6-11(13(19)20)18-12(7(2)21-14(18)17-6)9-4-3-8(15)5-10(9)16/h3-5H,1-2H3,(H,19,20). The molecule has 0 unspecified atom stereocenters. The lowest BCUT2D eigenvalue weighted by Crippen LogP contribution is -2.04. The van der Waals surface area contributed by atoms with E-state index in [-0.39, 0.29) is 5.69 Å². The summed E-state index contributed by atoms with van der Waals surface area (Å²) in [5, 5.41) is 10.5. The van der Waals surface area contributed by atoms with Gasteiger partial charge >= 0.3 is 5.97 Å². The molecule has 0 saturated carbocycles. The van der Waals surface area contributed by atoms with E-state index in [1.807, 2.05) is 6.92 Å². The molecule has 1 N–H and O–H groups in total. The van der Waals surface area contributed by atoms with Gasteiger partial charge < -0.3 is 5.11 Å². The molecule has 4 nitrogen and oxygen atoms in total. The van der Waals surface area contributed by atoms with Gasteiger partial charge in [0.15, 0.2) is 10.7 Å². The van der Waals surface area contributed by atoms with E-state index < -0.39 is 5.97 Å². The normalized spacial score (nSPS) is 11.2. The van der Waals surface area contributed by atoms with Crippen LogP contribution in [0.2, 0.25) is 10.0 Å². The highest BCUT2D eigenvalue weighted by Crippen LogP contribution is 2.37. The van der Waals surface area contributed by atoms with Gasteiger partial charge in [-0.3, -0.25) is 4.40 Å². The zero-order valence-electron chi connectivity index (χ0n) is 11.1. The number of hydrogen-bond acceptors (Lipinski definition) is 3. The quantitative estimate of drug-likeness (QED) is 0.736. The van der Waals surface area contributed by atoms with Crippen molar-refractivity contribution in [3.8, 4) is 11.3 Å². The first kappa shape index (κ1) is 14.4. The molecule has 2 heterocycles. The number of halogens is 2. The summed E-state index contributed by atoms with van der Waals surface area (Å²) in [6.07, 6.45) is 0. The SMILES string of the molecule is Cc1nc2sc(C)c(-c3ccc(Cl)cc3Cl)n2c1C(=O)O. The second-order valence-corrected chi connectivity index (χ2v) is 6.63. The molecule has 0 bridgehead atoms. The summed E-state index contributed by atoms with van der Waals surface area (Å²) >= 11 is 13.6. The Morgan fingerprint density at radius 1 is 1.33 bits per heavy atom. The van der Waals surface area contributed by atoms with Crippen LogP contribution in [0.25, 0.3) is 16.2 Å². The van der Waals surface area contributed by atoms with Crippen molar-refractivity contribution in [3.05, 3.63) is 44.5 Å². The minimum absolute atomic E-state index is 0.162. The lowest BCUT2D eigenvalue weighted by Gasteiger charge is -2.07. The maximum atomic E-state index is 11.5. The van der Waals surface area contributed by atoms with Crippen molar-refractivity contribution >= 4 is 45.5 Å². The van der Waals surface area contributed by atoms with Crippen LogP contribution >= 0.6 is 34.5 Å². The van der Waals surface area contributed by atoms with Crippen LogP contribution < -0.4 is 0 Å². The Morgan fingerprint density at radius 2 is 2.05 bits per heavy atom. The number of carboxylic acids is 1. The largest absolute Gasteiger partial charge is 0.477 e. The molecule has 0 amide bonds. The summed E-state index contributed by atoms with van der Waals surface area (Å²) in [5.41, 5.74) is 2.13. The third kappa shape index (κ3) is 2.21. The number of hydrogen-bond donors (Lipinski definition) is 1. The highest BCUT2D eigenvalue weighted by Gasteiger charge is 2.23. The Labute approximate surface area is 134 Å². The van der Waals surface area contributed by atoms with Crippen molar-refractivity contribution in [3.63, 3.8) is 0 Å². The fraction of sp³-hybridized carbons (Fsp3) is 0.143. The maximum Gasteiger partial charge on any atom is 0.354 e. The van der Waals surface area contributed by atoms with Gasteiger partial charge in [-0.05, 0) is 32.0 Å². The molecule has 0 spiro atoms. The highest BCUT2D eigenvalue weighted by atomic mass is 35.5. The molecule has 0 aliphatic rings. The van der Waals surface area contributed by atoms with Crippen LogP contribution in [0.5, 0.6) is 0 Å². The lowest BCUT2D eigenvalue weighted by molar-refractivity contribution is 0.0688. The van der Waals surface area contributed by atoms with E-state index in [0.717, 1.165) is 16.1 Å². The Kier molecular flexibility index (Phi) is 3.43. The first-order chi connectivity index (χ1) is 9.90. The van der Waals surface area contributed by atoms with Crippen LogP contribution in [0.4, 0.5) is 0 Å². The number of nitrogens with zero attached hydrogens (tertiary/aromatic N) is 2. The number of aryl methyl sites for hydroxylation is 2. The van der Waals surface area contributed by atoms with Crippen LogP contribution in [0.1, 0.15) is 21.1 Å². The summed E-state index contributed by atoms with van der Waals surface area (Å²) in [6.45, 7) is 3.60. The van der Waals surface area contributed by atoms with E-state index in [9.17, 15) is 9.90 Å². The van der Waals surface area contributed by atoms with Gasteiger partial charge in [-0.2, -0.15) is 0 Å². The number of aromatic carboxylic acids is 1. The number of rotatable bonds is 2. The number of benzene rings is 1. The zero-order valence-corrected chi connectivity index (χ0v) is 13.5. The number of carbonyl (C=O) groups is 1. The monoisotopic (exact) mass is 340 g/mol. The third-order valence-corrected chi connectivity index (χ3v) is 4.72. The van der Waals surface area contributed by atoms with Crippen LogP contribution in [0.15, 0.2) is 18.2 Å². The molecule has 21 heavy (non-hydrogen) atoms. The predicted octanol–water partition coefficient (Wildman–Crippen LogP) is 4.68. The molecule has 3 rings (SSSR count). The second-order valence-electron chi connectivity index (χ2n) is 4.60. The molecule has 3 aromatic rings. The number of fused-ring (bicyclic) bond motifs is 1. The molecule has 0 saturated heterocycles. The molecule has 0 radical (unpaired) electrons. The topological polar surface area (TPSA) is 54.6 Å². The summed E-state index contributed by atoms with van der Waals surface area (Å²) in [6, 6.07) is 5.17. The summed E-state index contributed by atoms with van der Waals surface area (Å²) in [5.74, 6) is -1.01. The van der Waals surface area contributed by atoms with Crippen LogP contribution in [-0.2, 0) is 0 Å². The van der Waals surface area contributed by atoms with Gasteiger partial charge in [0.25, 0.3) is 0 Å². The van der Waals surface area contributed by atoms with Crippen molar-refractivity contribution < 1.29 is 9.90 Å². The van der Waals surface area contributed by atoms with E-state index in [2.05, 4.69) is 4.98 Å². The van der Waals surface area contributed by atoms with E-state index >= 15 is 0 Å². The Hall–Kier alpha value is -1.56. The molecule has 108 valence electrons. The molecule has 1 aromatic carbocycles. The minimum atomic E-state index is -1.01. The fourth-order valence-electron chi connectivity index (χ4n) is 2.36. The Morgan fingerprint density at radius 3 is 2.67 bits per heavy atom. The second kappa shape index (κ2) is 5.02. The van der Waals surface area contributed by atoms with Gasteiger partial charge in [0.1, 0.15) is 0 Å². The van der Waals surface area contributed by atoms with Gasteiger partial charge in [-0.15, -0.1) is 11.3 Å². The number of aromatic nitrogens is 2. The lowest BCUT2D eigenvalue weighted by atomic mass is 10.1. The van der Waals surface area contributed by atoms with Crippen molar-refractivity contribution in [2.24, 2.45) is 0 Å². The fourth-order valence-corrected chi connectivity index (χ4v) is 3.89. The van der Waals surface area contributed by atoms with Gasteiger partial charge in [0.05, 0.1) is 16.4 Å². The maximum absolute atomic E-state index is 11.5. The zero-order chi connectivity index (χ0) is 15.3. The Bertz CT molecular complexity index is 883. The number of carboxylic acid groups (broad SMARTS) is 1. The number of thiazole rings is 1. The predicted molar refractivity (Wildman–Crippen MR) is 85.0 cm³/mol. The van der Waals surface area contributed by atoms with Crippen molar-refractivity contribution in [1.82, 2.24) is 9.38 Å². The molecule has 0 aliphatic heterocycles. The molecular formula is C14H10Cl2N2O2S. The van der Waals surface area contributed by atoms with E-state index in [1.165, 1.54) is 11.3 Å². The van der Waals surface area contributed by atoms with Crippen LogP contribution in [0, 0.1) is 13.8 Å². The first-order valence-corrected chi connectivity index (χ1v) is 7.64. The molecule has 0 atom stereocenters. The molecule has 2 aromatic heterocycles. The van der Waals surface area contributed by atoms with Gasteiger partial charge in [-0.1, -0.05) is 23.2 Å². The van der Waals surface area contributed by atoms with Gasteiger partial charge in [-0.25, -0.2) is 9.78 Å². The highest BCUT2D eigenvalue weighted by molar-refractivity contribution is 7.17. The van der Waals surface area contributed by atoms with Crippen molar-refractivity contribution in [2.75, 3.05) is 0 Å². The van der Waals surface area contributed by atoms with E-state index in [4.69, 9.17) is 23.2 Å². The van der Waals surface area contributed by atoms with Crippen molar-refractivity contribution in [2.45, 2.75) is 13.8 Å². The van der Waals surface area contributed by atoms with E-state index in [0.29, 0.717) is 20.7 Å². The summed E-state index contributed by atoms with van der Waals surface area (Å²) in [7, 11) is 0. The van der Waals surface area contributed by atoms with Crippen LogP contribution in [0.3, 0.4) is 0 Å².